The third-order valence-corrected chi connectivity index (χ3v) is 0. The van der Waals surface area contributed by atoms with E-state index in [2.05, 4.69) is 0 Å². The van der Waals surface area contributed by atoms with E-state index >= 15 is 0 Å². The van der Waals surface area contributed by atoms with Crippen LogP contribution in [0.15, 0.2) is 0 Å². The standard InChI is InChI=1S/CH2O3.BrH.2K.H2O4S/c2-1(3)4;;;;1-5(2,3)4/h(H2,2,3,4);1H;;;(H2,1,2,3,4)/q;;2*+1;/p-2. The van der Waals surface area contributed by atoms with Gasteiger partial charge in [0.1, 0.15) is 0 Å². The van der Waals surface area contributed by atoms with E-state index in [1.165, 1.54) is 0 Å². The van der Waals surface area contributed by atoms with Crippen molar-refractivity contribution < 1.29 is 152 Å². The van der Waals surface area contributed by atoms with Gasteiger partial charge in [-0.2, -0.15) is 8.42 Å². The van der Waals surface area contributed by atoms with Crippen LogP contribution < -0.4 is 125 Å². The molecule has 0 aromatic carbocycles. The van der Waals surface area contributed by atoms with Gasteiger partial charge in [0.15, 0.2) is 0 Å². The Morgan fingerprint density at radius 1 is 1.17 bits per heavy atom. The Hall–Kier alpha value is 2.89. The van der Waals surface area contributed by atoms with Crippen molar-refractivity contribution in [3.63, 3.8) is 0 Å². The summed E-state index contributed by atoms with van der Waals surface area (Å²) in [7, 11) is -4.67. The number of halogens is 1. The first-order valence-corrected chi connectivity index (χ1v) is 2.73. The summed E-state index contributed by atoms with van der Waals surface area (Å²) in [6, 6.07) is 0. The summed E-state index contributed by atoms with van der Waals surface area (Å²) in [5, 5.41) is 15.3. The van der Waals surface area contributed by atoms with Crippen LogP contribution in [0.1, 0.15) is 0 Å². The maximum absolute atomic E-state index is 8.74. The van der Waals surface area contributed by atoms with Gasteiger partial charge >= 0.3 is 113 Å². The molecule has 0 spiro atoms. The molecule has 0 saturated carbocycles. The van der Waals surface area contributed by atoms with Gasteiger partial charge in [-0.1, -0.05) is 0 Å². The monoisotopic (exact) mass is 316 g/mol. The molecule has 0 aliphatic heterocycles. The van der Waals surface area contributed by atoms with Crippen LogP contribution in [0.3, 0.4) is 0 Å². The van der Waals surface area contributed by atoms with Gasteiger partial charge in [0.05, 0.1) is 0 Å². The molecule has 0 fully saturated rings. The Balaban J connectivity index is -0.0000000221. The molecule has 7 nitrogen and oxygen atoms in total. The first-order chi connectivity index (χ1) is 3.73. The van der Waals surface area contributed by atoms with E-state index in [1.807, 2.05) is 0 Å². The van der Waals surface area contributed by atoms with E-state index in [9.17, 15) is 0 Å². The van der Waals surface area contributed by atoms with E-state index in [1.54, 1.807) is 0 Å². The van der Waals surface area contributed by atoms with Crippen molar-refractivity contribution in [3.05, 3.63) is 0 Å². The maximum Gasteiger partial charge on any atom is 1.00 e. The van der Waals surface area contributed by atoms with Crippen molar-refractivity contribution in [2.45, 2.75) is 0 Å². The Morgan fingerprint density at radius 2 is 1.17 bits per heavy atom. The van der Waals surface area contributed by atoms with Crippen molar-refractivity contribution in [2.24, 2.45) is 0 Å². The summed E-state index contributed by atoms with van der Waals surface area (Å²) in [5.41, 5.74) is 0. The zero-order chi connectivity index (χ0) is 8.08. The predicted octanol–water partition coefficient (Wildman–Crippen LogP) is -10.8. The smallest absolute Gasteiger partial charge is 1.00 e. The minimum Gasteiger partial charge on any atom is -1.00 e. The van der Waals surface area contributed by atoms with Crippen LogP contribution in [0.5, 0.6) is 0 Å². The number of carboxylic acid groups (broad SMARTS) is 2. The molecule has 0 aliphatic carbocycles. The van der Waals surface area contributed by atoms with E-state index in [-0.39, 0.29) is 120 Å². The van der Waals surface area contributed by atoms with Crippen LogP contribution in [0.2, 0.25) is 0 Å². The normalized spacial score (nSPS) is 6.83. The molecule has 0 unspecified atom stereocenters. The fourth-order valence-corrected chi connectivity index (χ4v) is 0. The molecular weight excluding hydrogens is 314 g/mol. The van der Waals surface area contributed by atoms with Crippen LogP contribution in [0.4, 0.5) is 4.79 Å². The van der Waals surface area contributed by atoms with Gasteiger partial charge in [-0.3, -0.25) is 9.11 Å². The van der Waals surface area contributed by atoms with E-state index in [0.29, 0.717) is 0 Å². The summed E-state index contributed by atoms with van der Waals surface area (Å²) < 4.78 is 31.6. The average Bonchev–Trinajstić information content (AvgIpc) is 1.19. The molecule has 64 valence electrons. The number of hydrogen-bond acceptors (Lipinski definition) is 4. The topological polar surface area (TPSA) is 135 Å². The van der Waals surface area contributed by atoms with E-state index in [0.717, 1.165) is 0 Å². The summed E-state index contributed by atoms with van der Waals surface area (Å²) in [4.78, 5) is 8.44. The van der Waals surface area contributed by atoms with Crippen LogP contribution in [0, 0.1) is 0 Å². The van der Waals surface area contributed by atoms with Crippen molar-refractivity contribution >= 4 is 16.6 Å². The maximum atomic E-state index is 8.74. The third-order valence-electron chi connectivity index (χ3n) is 0. The molecule has 0 aromatic heterocycles. The molecule has 0 saturated heterocycles. The molecule has 12 heavy (non-hydrogen) atoms. The minimum absolute atomic E-state index is 0. The molecule has 3 N–H and O–H groups in total. The van der Waals surface area contributed by atoms with Crippen LogP contribution in [0.25, 0.3) is 0 Å². The predicted molar refractivity (Wildman–Crippen MR) is 22.2 cm³/mol. The second-order valence-corrected chi connectivity index (χ2v) is 1.61. The van der Waals surface area contributed by atoms with E-state index in [4.69, 9.17) is 32.5 Å². The molecule has 0 atom stereocenters. The second kappa shape index (κ2) is 16.3. The first-order valence-electron chi connectivity index (χ1n) is 1.33. The number of carbonyl (C=O) groups is 1. The van der Waals surface area contributed by atoms with Crippen LogP contribution >= 0.6 is 0 Å². The molecule has 0 aromatic rings. The minimum atomic E-state index is -4.67. The van der Waals surface area contributed by atoms with Crippen molar-refractivity contribution in [1.82, 2.24) is 0 Å². The Kier molecular flexibility index (Phi) is 40.0. The largest absolute Gasteiger partial charge is 1.00 e. The zero-order valence-corrected chi connectivity index (χ0v) is 14.9. The molecule has 11 heteroatoms. The average molecular weight is 317 g/mol. The van der Waals surface area contributed by atoms with Gasteiger partial charge in [0.25, 0.3) is 0 Å². The molecule has 0 heterocycles. The first kappa shape index (κ1) is 29.4. The van der Waals surface area contributed by atoms with Gasteiger partial charge in [0.2, 0.25) is 6.16 Å². The third kappa shape index (κ3) is 218. The Morgan fingerprint density at radius 3 is 1.17 bits per heavy atom. The number of rotatable bonds is 0. The number of hydrogen-bond donors (Lipinski definition) is 3. The van der Waals surface area contributed by atoms with Gasteiger partial charge in [-0.25, -0.2) is 0 Å². The molecule has 0 rings (SSSR count). The van der Waals surface area contributed by atoms with Gasteiger partial charge < -0.3 is 32.0 Å². The molecule has 0 bridgehead atoms. The molecular formula is CH3BrK2O7S. The van der Waals surface area contributed by atoms with Crippen LogP contribution in [-0.2, 0) is 10.4 Å². The van der Waals surface area contributed by atoms with Gasteiger partial charge in [0, 0.05) is 0 Å². The summed E-state index contributed by atoms with van der Waals surface area (Å²) >= 11 is 0. The van der Waals surface area contributed by atoms with E-state index < -0.39 is 16.6 Å². The quantitative estimate of drug-likeness (QED) is 0.298. The zero-order valence-electron chi connectivity index (χ0n) is 6.26. The fraction of sp³-hybridized carbons (Fsp3) is 0. The SMILES string of the molecule is O=C([O-])O.O=S(=O)(O)O.[Br-].[K+].[K+]. The van der Waals surface area contributed by atoms with Gasteiger partial charge in [-0.15, -0.1) is 0 Å². The molecule has 0 radical (unpaired) electrons. The van der Waals surface area contributed by atoms with Crippen LogP contribution in [-0.4, -0.2) is 28.8 Å². The summed E-state index contributed by atoms with van der Waals surface area (Å²) in [6.07, 6.45) is -2.08. The van der Waals surface area contributed by atoms with Crippen molar-refractivity contribution in [1.29, 1.82) is 0 Å². The molecule has 0 aliphatic rings. The summed E-state index contributed by atoms with van der Waals surface area (Å²) in [5.74, 6) is 0. The second-order valence-electron chi connectivity index (χ2n) is 0.714. The van der Waals surface area contributed by atoms with Crippen molar-refractivity contribution in [3.8, 4) is 0 Å². The van der Waals surface area contributed by atoms with Gasteiger partial charge in [-0.05, 0) is 0 Å². The fourth-order valence-electron chi connectivity index (χ4n) is 0. The Labute approximate surface area is 164 Å². The van der Waals surface area contributed by atoms with Crippen molar-refractivity contribution in [2.75, 3.05) is 0 Å². The Bertz CT molecular complexity index is 164. The summed E-state index contributed by atoms with van der Waals surface area (Å²) in [6.45, 7) is 0. The molecule has 0 amide bonds.